The summed E-state index contributed by atoms with van der Waals surface area (Å²) < 4.78 is 5.34. The van der Waals surface area contributed by atoms with Crippen LogP contribution in [0.25, 0.3) is 0 Å². The predicted octanol–water partition coefficient (Wildman–Crippen LogP) is 1.25. The van der Waals surface area contributed by atoms with Crippen molar-refractivity contribution in [1.82, 2.24) is 5.32 Å². The van der Waals surface area contributed by atoms with Crippen LogP contribution in [0, 0.1) is 5.41 Å². The zero-order valence-electron chi connectivity index (χ0n) is 9.91. The molecule has 1 saturated carbocycles. The Kier molecular flexibility index (Phi) is 3.73. The molecule has 1 aliphatic carbocycles. The molecule has 0 bridgehead atoms. The van der Waals surface area contributed by atoms with Gasteiger partial charge < -0.3 is 15.2 Å². The molecule has 3 unspecified atom stereocenters. The molecular formula is C11H21NO3. The van der Waals surface area contributed by atoms with Crippen LogP contribution in [0.15, 0.2) is 0 Å². The Labute approximate surface area is 91.0 Å². The predicted molar refractivity (Wildman–Crippen MR) is 57.8 cm³/mol. The van der Waals surface area contributed by atoms with E-state index in [1.165, 1.54) is 0 Å². The molecule has 88 valence electrons. The minimum absolute atomic E-state index is 0.0181. The van der Waals surface area contributed by atoms with Crippen LogP contribution < -0.4 is 5.32 Å². The molecule has 0 radical (unpaired) electrons. The van der Waals surface area contributed by atoms with Crippen LogP contribution >= 0.6 is 0 Å². The number of hydrogen-bond acceptors (Lipinski definition) is 3. The van der Waals surface area contributed by atoms with Gasteiger partial charge in [0.15, 0.2) is 0 Å². The van der Waals surface area contributed by atoms with Gasteiger partial charge in [0.2, 0.25) is 0 Å². The van der Waals surface area contributed by atoms with E-state index in [4.69, 9.17) is 9.84 Å². The molecule has 0 heterocycles. The SMILES string of the molecule is COC1CC(NC(C)CC(=O)O)C1(C)C. The molecular weight excluding hydrogens is 194 g/mol. The average Bonchev–Trinajstić information content (AvgIpc) is 2.10. The van der Waals surface area contributed by atoms with E-state index in [1.807, 2.05) is 6.92 Å². The van der Waals surface area contributed by atoms with E-state index in [1.54, 1.807) is 7.11 Å². The first-order valence-electron chi connectivity index (χ1n) is 5.38. The number of rotatable bonds is 5. The third kappa shape index (κ3) is 2.69. The topological polar surface area (TPSA) is 58.6 Å². The number of hydrogen-bond donors (Lipinski definition) is 2. The zero-order chi connectivity index (χ0) is 11.6. The molecule has 0 aliphatic heterocycles. The Hall–Kier alpha value is -0.610. The molecule has 0 aromatic carbocycles. The normalized spacial score (nSPS) is 30.7. The summed E-state index contributed by atoms with van der Waals surface area (Å²) in [4.78, 5) is 10.5. The first-order chi connectivity index (χ1) is 6.87. The van der Waals surface area contributed by atoms with Crippen molar-refractivity contribution in [1.29, 1.82) is 0 Å². The number of aliphatic carboxylic acids is 1. The second-order valence-corrected chi connectivity index (χ2v) is 5.00. The first-order valence-corrected chi connectivity index (χ1v) is 5.38. The second-order valence-electron chi connectivity index (χ2n) is 5.00. The summed E-state index contributed by atoms with van der Waals surface area (Å²) in [7, 11) is 1.73. The van der Waals surface area contributed by atoms with Gasteiger partial charge in [-0.3, -0.25) is 4.79 Å². The van der Waals surface area contributed by atoms with Gasteiger partial charge in [0, 0.05) is 24.6 Å². The number of nitrogens with one attached hydrogen (secondary N) is 1. The molecule has 1 aliphatic rings. The van der Waals surface area contributed by atoms with Crippen molar-refractivity contribution in [2.75, 3.05) is 7.11 Å². The van der Waals surface area contributed by atoms with Gasteiger partial charge in [-0.2, -0.15) is 0 Å². The van der Waals surface area contributed by atoms with Crippen LogP contribution in [-0.2, 0) is 9.53 Å². The Morgan fingerprint density at radius 1 is 1.67 bits per heavy atom. The summed E-state index contributed by atoms with van der Waals surface area (Å²) in [6.07, 6.45) is 1.42. The molecule has 15 heavy (non-hydrogen) atoms. The van der Waals surface area contributed by atoms with Crippen molar-refractivity contribution in [3.8, 4) is 0 Å². The number of ether oxygens (including phenoxy) is 1. The summed E-state index contributed by atoms with van der Waals surface area (Å²) in [5, 5.41) is 12.0. The molecule has 0 aromatic rings. The number of carboxylic acid groups (broad SMARTS) is 1. The zero-order valence-corrected chi connectivity index (χ0v) is 9.91. The van der Waals surface area contributed by atoms with Crippen molar-refractivity contribution >= 4 is 5.97 Å². The van der Waals surface area contributed by atoms with Gasteiger partial charge in [0.25, 0.3) is 0 Å². The van der Waals surface area contributed by atoms with E-state index in [2.05, 4.69) is 19.2 Å². The number of methoxy groups -OCH3 is 1. The molecule has 0 saturated heterocycles. The monoisotopic (exact) mass is 215 g/mol. The van der Waals surface area contributed by atoms with Crippen LogP contribution in [0.2, 0.25) is 0 Å². The molecule has 0 aromatic heterocycles. The summed E-state index contributed by atoms with van der Waals surface area (Å²) >= 11 is 0. The van der Waals surface area contributed by atoms with Gasteiger partial charge in [0.1, 0.15) is 0 Å². The molecule has 1 rings (SSSR count). The largest absolute Gasteiger partial charge is 0.481 e. The van der Waals surface area contributed by atoms with Crippen LogP contribution in [-0.4, -0.2) is 36.4 Å². The second kappa shape index (κ2) is 4.49. The standard InChI is InChI=1S/C11H21NO3/c1-7(5-10(13)14)12-8-6-9(15-4)11(8,2)3/h7-9,12H,5-6H2,1-4H3,(H,13,14). The number of carbonyl (C=O) groups is 1. The smallest absolute Gasteiger partial charge is 0.304 e. The summed E-state index contributed by atoms with van der Waals surface area (Å²) in [6.45, 7) is 6.20. The van der Waals surface area contributed by atoms with E-state index < -0.39 is 5.97 Å². The fraction of sp³-hybridized carbons (Fsp3) is 0.909. The quantitative estimate of drug-likeness (QED) is 0.724. The highest BCUT2D eigenvalue weighted by Crippen LogP contribution is 2.42. The minimum Gasteiger partial charge on any atom is -0.481 e. The Morgan fingerprint density at radius 2 is 2.27 bits per heavy atom. The maximum absolute atomic E-state index is 10.5. The molecule has 4 nitrogen and oxygen atoms in total. The lowest BCUT2D eigenvalue weighted by Gasteiger charge is -2.52. The Bertz CT molecular complexity index is 240. The average molecular weight is 215 g/mol. The molecule has 0 amide bonds. The lowest BCUT2D eigenvalue weighted by Crippen LogP contribution is -2.62. The van der Waals surface area contributed by atoms with Crippen LogP contribution in [0.4, 0.5) is 0 Å². The van der Waals surface area contributed by atoms with Crippen LogP contribution in [0.5, 0.6) is 0 Å². The fourth-order valence-corrected chi connectivity index (χ4v) is 2.23. The molecule has 4 heteroatoms. The third-order valence-corrected chi connectivity index (χ3v) is 3.43. The summed E-state index contributed by atoms with van der Waals surface area (Å²) in [6, 6.07) is 0.376. The highest BCUT2D eigenvalue weighted by molar-refractivity contribution is 5.67. The summed E-state index contributed by atoms with van der Waals surface area (Å²) in [5.41, 5.74) is 0.0987. The van der Waals surface area contributed by atoms with Crippen molar-refractivity contribution in [2.45, 2.75) is 51.8 Å². The van der Waals surface area contributed by atoms with Gasteiger partial charge in [-0.15, -0.1) is 0 Å². The number of carboxylic acids is 1. The van der Waals surface area contributed by atoms with Gasteiger partial charge in [-0.25, -0.2) is 0 Å². The Morgan fingerprint density at radius 3 is 2.67 bits per heavy atom. The van der Waals surface area contributed by atoms with Gasteiger partial charge in [-0.05, 0) is 13.3 Å². The van der Waals surface area contributed by atoms with Crippen LogP contribution in [0.1, 0.15) is 33.6 Å². The third-order valence-electron chi connectivity index (χ3n) is 3.43. The van der Waals surface area contributed by atoms with Gasteiger partial charge >= 0.3 is 5.97 Å². The Balaban J connectivity index is 2.38. The van der Waals surface area contributed by atoms with Crippen molar-refractivity contribution in [2.24, 2.45) is 5.41 Å². The van der Waals surface area contributed by atoms with Gasteiger partial charge in [-0.1, -0.05) is 13.8 Å². The molecule has 1 fully saturated rings. The van der Waals surface area contributed by atoms with Crippen molar-refractivity contribution < 1.29 is 14.6 Å². The van der Waals surface area contributed by atoms with E-state index in [0.717, 1.165) is 6.42 Å². The molecule has 0 spiro atoms. The van der Waals surface area contributed by atoms with Crippen molar-refractivity contribution in [3.63, 3.8) is 0 Å². The molecule has 2 N–H and O–H groups in total. The lowest BCUT2D eigenvalue weighted by atomic mass is 9.64. The summed E-state index contributed by atoms with van der Waals surface area (Å²) in [5.74, 6) is -0.754. The first kappa shape index (κ1) is 12.5. The van der Waals surface area contributed by atoms with Crippen LogP contribution in [0.3, 0.4) is 0 Å². The fourth-order valence-electron chi connectivity index (χ4n) is 2.23. The lowest BCUT2D eigenvalue weighted by molar-refractivity contribution is -0.138. The van der Waals surface area contributed by atoms with E-state index >= 15 is 0 Å². The maximum atomic E-state index is 10.5. The van der Waals surface area contributed by atoms with Crippen molar-refractivity contribution in [3.05, 3.63) is 0 Å². The minimum atomic E-state index is -0.754. The van der Waals surface area contributed by atoms with E-state index in [0.29, 0.717) is 6.04 Å². The molecule has 3 atom stereocenters. The maximum Gasteiger partial charge on any atom is 0.304 e. The van der Waals surface area contributed by atoms with E-state index in [9.17, 15) is 4.79 Å². The highest BCUT2D eigenvalue weighted by Gasteiger charge is 2.48. The van der Waals surface area contributed by atoms with Gasteiger partial charge in [0.05, 0.1) is 12.5 Å². The van der Waals surface area contributed by atoms with E-state index in [-0.39, 0.29) is 24.0 Å². The highest BCUT2D eigenvalue weighted by atomic mass is 16.5.